The Morgan fingerprint density at radius 2 is 2.27 bits per heavy atom. The quantitative estimate of drug-likeness (QED) is 0.836. The fourth-order valence-corrected chi connectivity index (χ4v) is 1.73. The predicted molar refractivity (Wildman–Crippen MR) is 56.1 cm³/mol. The molecule has 0 fully saturated rings. The van der Waals surface area contributed by atoms with Gasteiger partial charge in [0, 0.05) is 19.2 Å². The molecule has 0 unspecified atom stereocenters. The Labute approximate surface area is 87.2 Å². The summed E-state index contributed by atoms with van der Waals surface area (Å²) in [5, 5.41) is 8.78. The summed E-state index contributed by atoms with van der Waals surface area (Å²) in [6.07, 6.45) is 0.684. The summed E-state index contributed by atoms with van der Waals surface area (Å²) in [6.45, 7) is 2.75. The van der Waals surface area contributed by atoms with Crippen LogP contribution in [0.25, 0.3) is 11.0 Å². The highest BCUT2D eigenvalue weighted by atomic mass is 19.1. The number of hydrogen-bond acceptors (Lipinski definition) is 2. The standard InChI is InChI=1S/C11H13FN2O/c1-8-13-10-7-9(12)3-4-11(10)14(8)5-2-6-15/h3-4,7,15H,2,5-6H2,1H3. The Bertz CT molecular complexity index is 479. The average molecular weight is 208 g/mol. The molecule has 4 heteroatoms. The molecule has 0 saturated carbocycles. The number of aryl methyl sites for hydroxylation is 2. The summed E-state index contributed by atoms with van der Waals surface area (Å²) < 4.78 is 14.9. The number of fused-ring (bicyclic) bond motifs is 1. The number of benzene rings is 1. The molecule has 2 rings (SSSR count). The van der Waals surface area contributed by atoms with E-state index in [0.29, 0.717) is 18.5 Å². The van der Waals surface area contributed by atoms with Crippen LogP contribution >= 0.6 is 0 Å². The van der Waals surface area contributed by atoms with Crippen LogP contribution in [0, 0.1) is 12.7 Å². The van der Waals surface area contributed by atoms with Gasteiger partial charge in [-0.15, -0.1) is 0 Å². The maximum absolute atomic E-state index is 12.9. The molecule has 0 aliphatic carbocycles. The molecule has 0 aliphatic heterocycles. The first kappa shape index (κ1) is 10.1. The van der Waals surface area contributed by atoms with E-state index < -0.39 is 0 Å². The molecule has 0 amide bonds. The summed E-state index contributed by atoms with van der Waals surface area (Å²) in [5.41, 5.74) is 1.59. The Morgan fingerprint density at radius 1 is 1.47 bits per heavy atom. The van der Waals surface area contributed by atoms with Crippen molar-refractivity contribution in [1.82, 2.24) is 9.55 Å². The molecule has 80 valence electrons. The van der Waals surface area contributed by atoms with E-state index in [0.717, 1.165) is 11.3 Å². The van der Waals surface area contributed by atoms with Crippen molar-refractivity contribution in [2.75, 3.05) is 6.61 Å². The number of aromatic nitrogens is 2. The van der Waals surface area contributed by atoms with Gasteiger partial charge in [-0.25, -0.2) is 9.37 Å². The van der Waals surface area contributed by atoms with Gasteiger partial charge in [-0.1, -0.05) is 0 Å². The molecule has 3 nitrogen and oxygen atoms in total. The third-order valence-electron chi connectivity index (χ3n) is 2.44. The van der Waals surface area contributed by atoms with Crippen molar-refractivity contribution < 1.29 is 9.50 Å². The number of imidazole rings is 1. The van der Waals surface area contributed by atoms with Gasteiger partial charge in [0.05, 0.1) is 11.0 Å². The van der Waals surface area contributed by atoms with E-state index >= 15 is 0 Å². The molecule has 0 aliphatic rings. The third-order valence-corrected chi connectivity index (χ3v) is 2.44. The monoisotopic (exact) mass is 208 g/mol. The van der Waals surface area contributed by atoms with Crippen LogP contribution in [-0.4, -0.2) is 21.3 Å². The first-order valence-corrected chi connectivity index (χ1v) is 4.95. The second-order valence-electron chi connectivity index (χ2n) is 3.52. The number of aliphatic hydroxyl groups is 1. The fraction of sp³-hybridized carbons (Fsp3) is 0.364. The van der Waals surface area contributed by atoms with Gasteiger partial charge in [0.2, 0.25) is 0 Å². The molecule has 1 aromatic carbocycles. The molecule has 1 heterocycles. The smallest absolute Gasteiger partial charge is 0.125 e. The lowest BCUT2D eigenvalue weighted by Gasteiger charge is -2.04. The zero-order valence-electron chi connectivity index (χ0n) is 8.57. The van der Waals surface area contributed by atoms with Crippen LogP contribution in [0.3, 0.4) is 0 Å². The second-order valence-corrected chi connectivity index (χ2v) is 3.52. The lowest BCUT2D eigenvalue weighted by Crippen LogP contribution is -2.02. The number of aliphatic hydroxyl groups excluding tert-OH is 1. The van der Waals surface area contributed by atoms with Gasteiger partial charge in [0.1, 0.15) is 11.6 Å². The van der Waals surface area contributed by atoms with E-state index in [4.69, 9.17) is 5.11 Å². The van der Waals surface area contributed by atoms with Crippen LogP contribution in [0.4, 0.5) is 4.39 Å². The van der Waals surface area contributed by atoms with E-state index in [1.165, 1.54) is 12.1 Å². The van der Waals surface area contributed by atoms with Gasteiger partial charge in [-0.3, -0.25) is 0 Å². The molecule has 0 atom stereocenters. The molecule has 0 bridgehead atoms. The number of halogens is 1. The molecule has 0 spiro atoms. The lowest BCUT2D eigenvalue weighted by atomic mass is 10.3. The minimum Gasteiger partial charge on any atom is -0.396 e. The molecule has 0 radical (unpaired) electrons. The first-order chi connectivity index (χ1) is 7.22. The van der Waals surface area contributed by atoms with Crippen molar-refractivity contribution in [3.8, 4) is 0 Å². The van der Waals surface area contributed by atoms with Crippen LogP contribution in [0.2, 0.25) is 0 Å². The van der Waals surface area contributed by atoms with Crippen molar-refractivity contribution in [1.29, 1.82) is 0 Å². The predicted octanol–water partition coefficient (Wildman–Crippen LogP) is 1.87. The Balaban J connectivity index is 2.48. The molecular formula is C11H13FN2O. The van der Waals surface area contributed by atoms with Gasteiger partial charge in [-0.2, -0.15) is 0 Å². The minimum atomic E-state index is -0.269. The van der Waals surface area contributed by atoms with Gasteiger partial charge < -0.3 is 9.67 Å². The van der Waals surface area contributed by atoms with E-state index in [2.05, 4.69) is 4.98 Å². The highest BCUT2D eigenvalue weighted by Crippen LogP contribution is 2.17. The van der Waals surface area contributed by atoms with Crippen LogP contribution in [0.1, 0.15) is 12.2 Å². The zero-order valence-corrected chi connectivity index (χ0v) is 8.57. The van der Waals surface area contributed by atoms with Crippen LogP contribution in [-0.2, 0) is 6.54 Å². The fourth-order valence-electron chi connectivity index (χ4n) is 1.73. The summed E-state index contributed by atoms with van der Waals surface area (Å²) in [6, 6.07) is 4.58. The summed E-state index contributed by atoms with van der Waals surface area (Å²) in [4.78, 5) is 4.27. The van der Waals surface area contributed by atoms with Crippen LogP contribution < -0.4 is 0 Å². The molecule has 2 aromatic rings. The van der Waals surface area contributed by atoms with E-state index in [1.54, 1.807) is 6.07 Å². The highest BCUT2D eigenvalue weighted by molar-refractivity contribution is 5.76. The van der Waals surface area contributed by atoms with Crippen molar-refractivity contribution in [2.24, 2.45) is 0 Å². The van der Waals surface area contributed by atoms with Crippen molar-refractivity contribution in [2.45, 2.75) is 19.9 Å². The molecule has 0 saturated heterocycles. The minimum absolute atomic E-state index is 0.153. The molecule has 1 N–H and O–H groups in total. The first-order valence-electron chi connectivity index (χ1n) is 4.95. The number of nitrogens with zero attached hydrogens (tertiary/aromatic N) is 2. The largest absolute Gasteiger partial charge is 0.396 e. The number of rotatable bonds is 3. The number of hydrogen-bond donors (Lipinski definition) is 1. The average Bonchev–Trinajstić information content (AvgIpc) is 2.50. The Morgan fingerprint density at radius 3 is 3.00 bits per heavy atom. The normalized spacial score (nSPS) is 11.1. The highest BCUT2D eigenvalue weighted by Gasteiger charge is 2.07. The molecular weight excluding hydrogens is 195 g/mol. The lowest BCUT2D eigenvalue weighted by molar-refractivity contribution is 0.280. The van der Waals surface area contributed by atoms with Crippen LogP contribution in [0.15, 0.2) is 18.2 Å². The maximum Gasteiger partial charge on any atom is 0.125 e. The summed E-state index contributed by atoms with van der Waals surface area (Å²) in [7, 11) is 0. The zero-order chi connectivity index (χ0) is 10.8. The maximum atomic E-state index is 12.9. The van der Waals surface area contributed by atoms with Gasteiger partial charge in [0.15, 0.2) is 0 Å². The van der Waals surface area contributed by atoms with Crippen LogP contribution in [0.5, 0.6) is 0 Å². The molecule has 15 heavy (non-hydrogen) atoms. The van der Waals surface area contributed by atoms with Crippen molar-refractivity contribution >= 4 is 11.0 Å². The van der Waals surface area contributed by atoms with E-state index in [1.807, 2.05) is 11.5 Å². The second kappa shape index (κ2) is 3.98. The Hall–Kier alpha value is -1.42. The topological polar surface area (TPSA) is 38.0 Å². The van der Waals surface area contributed by atoms with E-state index in [9.17, 15) is 4.39 Å². The molecule has 1 aromatic heterocycles. The van der Waals surface area contributed by atoms with Crippen molar-refractivity contribution in [3.05, 3.63) is 29.8 Å². The van der Waals surface area contributed by atoms with E-state index in [-0.39, 0.29) is 12.4 Å². The van der Waals surface area contributed by atoms with Crippen molar-refractivity contribution in [3.63, 3.8) is 0 Å². The summed E-state index contributed by atoms with van der Waals surface area (Å²) >= 11 is 0. The Kier molecular flexibility index (Phi) is 2.68. The van der Waals surface area contributed by atoms with Gasteiger partial charge in [-0.05, 0) is 25.5 Å². The SMILES string of the molecule is Cc1nc2cc(F)ccc2n1CCCO. The van der Waals surface area contributed by atoms with Gasteiger partial charge >= 0.3 is 0 Å². The summed E-state index contributed by atoms with van der Waals surface area (Å²) in [5.74, 6) is 0.582. The third kappa shape index (κ3) is 1.85. The van der Waals surface area contributed by atoms with Gasteiger partial charge in [0.25, 0.3) is 0 Å².